The highest BCUT2D eigenvalue weighted by Gasteiger charge is 2.28. The number of ether oxygens (including phenoxy) is 1. The van der Waals surface area contributed by atoms with Gasteiger partial charge in [-0.25, -0.2) is 8.42 Å². The quantitative estimate of drug-likeness (QED) is 0.537. The number of hydrogen-bond donors (Lipinski definition) is 2. The zero-order valence-electron chi connectivity index (χ0n) is 17.9. The zero-order valence-corrected chi connectivity index (χ0v) is 18.8. The van der Waals surface area contributed by atoms with Gasteiger partial charge in [0.1, 0.15) is 5.75 Å². The molecule has 3 rings (SSSR count). The molecule has 1 aliphatic heterocycles. The molecule has 0 saturated carbocycles. The number of methoxy groups -OCH3 is 1. The summed E-state index contributed by atoms with van der Waals surface area (Å²) in [5.41, 5.74) is 3.35. The third kappa shape index (κ3) is 4.84. The van der Waals surface area contributed by atoms with Crippen LogP contribution < -0.4 is 14.8 Å². The van der Waals surface area contributed by atoms with Crippen molar-refractivity contribution >= 4 is 27.2 Å². The van der Waals surface area contributed by atoms with Crippen molar-refractivity contribution in [2.24, 2.45) is 0 Å². The standard InChI is InChI=1S/C23H28N2O4S/c1-15(2)30(27,28)25-18-8-6-7-16(11-18)22(26)13-21-20-12-19(29-5)10-9-17(20)14-23(3,4)24-21/h6-13,15,24-25H,14H2,1-5H3. The predicted octanol–water partition coefficient (Wildman–Crippen LogP) is 3.99. The number of carbonyl (C=O) groups is 1. The lowest BCUT2D eigenvalue weighted by Crippen LogP contribution is -2.43. The molecule has 1 aliphatic rings. The Balaban J connectivity index is 1.96. The molecule has 0 bridgehead atoms. The van der Waals surface area contributed by atoms with Crippen LogP contribution in [0.15, 0.2) is 48.5 Å². The minimum absolute atomic E-state index is 0.206. The highest BCUT2D eigenvalue weighted by atomic mass is 32.2. The van der Waals surface area contributed by atoms with Crippen molar-refractivity contribution in [1.82, 2.24) is 5.32 Å². The Labute approximate surface area is 178 Å². The first-order valence-electron chi connectivity index (χ1n) is 9.84. The molecule has 6 nitrogen and oxygen atoms in total. The van der Waals surface area contributed by atoms with Crippen LogP contribution in [0.5, 0.6) is 5.75 Å². The number of rotatable bonds is 6. The molecule has 0 unspecified atom stereocenters. The summed E-state index contributed by atoms with van der Waals surface area (Å²) in [6, 6.07) is 12.4. The molecule has 2 aromatic carbocycles. The van der Waals surface area contributed by atoms with E-state index in [4.69, 9.17) is 4.74 Å². The summed E-state index contributed by atoms with van der Waals surface area (Å²) in [7, 11) is -1.88. The van der Waals surface area contributed by atoms with Gasteiger partial charge in [-0.15, -0.1) is 0 Å². The van der Waals surface area contributed by atoms with Crippen molar-refractivity contribution in [2.75, 3.05) is 11.8 Å². The van der Waals surface area contributed by atoms with Gasteiger partial charge in [0.05, 0.1) is 12.4 Å². The molecule has 0 aliphatic carbocycles. The van der Waals surface area contributed by atoms with Gasteiger partial charge < -0.3 is 10.1 Å². The van der Waals surface area contributed by atoms with Crippen LogP contribution in [0.1, 0.15) is 49.2 Å². The van der Waals surface area contributed by atoms with Crippen LogP contribution in [-0.2, 0) is 16.4 Å². The van der Waals surface area contributed by atoms with Crippen molar-refractivity contribution in [3.63, 3.8) is 0 Å². The Morgan fingerprint density at radius 2 is 1.93 bits per heavy atom. The van der Waals surface area contributed by atoms with Gasteiger partial charge in [-0.1, -0.05) is 18.2 Å². The summed E-state index contributed by atoms with van der Waals surface area (Å²) in [5, 5.41) is 2.87. The summed E-state index contributed by atoms with van der Waals surface area (Å²) in [4.78, 5) is 13.0. The number of carbonyl (C=O) groups excluding carboxylic acids is 1. The number of nitrogens with one attached hydrogen (secondary N) is 2. The van der Waals surface area contributed by atoms with Gasteiger partial charge in [-0.2, -0.15) is 0 Å². The maximum atomic E-state index is 13.0. The van der Waals surface area contributed by atoms with Gasteiger partial charge in [0.15, 0.2) is 5.78 Å². The fraction of sp³-hybridized carbons (Fsp3) is 0.348. The maximum absolute atomic E-state index is 13.0. The Morgan fingerprint density at radius 3 is 2.60 bits per heavy atom. The van der Waals surface area contributed by atoms with Crippen LogP contribution >= 0.6 is 0 Å². The second kappa shape index (κ2) is 8.14. The first-order valence-corrected chi connectivity index (χ1v) is 11.4. The highest BCUT2D eigenvalue weighted by molar-refractivity contribution is 7.93. The first-order chi connectivity index (χ1) is 14.0. The molecule has 7 heteroatoms. The Kier molecular flexibility index (Phi) is 5.94. The fourth-order valence-corrected chi connectivity index (χ4v) is 4.08. The van der Waals surface area contributed by atoms with Gasteiger partial charge in [0.25, 0.3) is 0 Å². The number of anilines is 1. The lowest BCUT2D eigenvalue weighted by Gasteiger charge is -2.35. The molecule has 2 N–H and O–H groups in total. The number of benzene rings is 2. The Bertz CT molecular complexity index is 1100. The second-order valence-electron chi connectivity index (χ2n) is 8.41. The van der Waals surface area contributed by atoms with Crippen LogP contribution in [0, 0.1) is 0 Å². The SMILES string of the molecule is COc1ccc2c(c1)C(=CC(=O)c1cccc(NS(=O)(=O)C(C)C)c1)NC(C)(C)C2. The fourth-order valence-electron chi connectivity index (χ4n) is 3.39. The van der Waals surface area contributed by atoms with E-state index in [9.17, 15) is 13.2 Å². The first kappa shape index (κ1) is 21.9. The van der Waals surface area contributed by atoms with E-state index in [1.54, 1.807) is 51.3 Å². The van der Waals surface area contributed by atoms with Crippen LogP contribution in [-0.4, -0.2) is 32.1 Å². The Hall–Kier alpha value is -2.80. The molecule has 0 amide bonds. The molecule has 0 radical (unpaired) electrons. The minimum atomic E-state index is -3.49. The normalized spacial score (nSPS) is 16.7. The van der Waals surface area contributed by atoms with E-state index in [-0.39, 0.29) is 11.3 Å². The largest absolute Gasteiger partial charge is 0.497 e. The maximum Gasteiger partial charge on any atom is 0.235 e. The van der Waals surface area contributed by atoms with Crippen molar-refractivity contribution in [3.05, 3.63) is 65.2 Å². The van der Waals surface area contributed by atoms with Crippen molar-refractivity contribution in [3.8, 4) is 5.75 Å². The monoisotopic (exact) mass is 428 g/mol. The van der Waals surface area contributed by atoms with E-state index in [1.807, 2.05) is 18.2 Å². The molecular weight excluding hydrogens is 400 g/mol. The number of fused-ring (bicyclic) bond motifs is 1. The van der Waals surface area contributed by atoms with E-state index >= 15 is 0 Å². The van der Waals surface area contributed by atoms with Crippen molar-refractivity contribution in [1.29, 1.82) is 0 Å². The smallest absolute Gasteiger partial charge is 0.235 e. The highest BCUT2D eigenvalue weighted by Crippen LogP contribution is 2.32. The van der Waals surface area contributed by atoms with E-state index in [0.717, 1.165) is 29.0 Å². The van der Waals surface area contributed by atoms with Crippen LogP contribution in [0.2, 0.25) is 0 Å². The number of allylic oxidation sites excluding steroid dienone is 1. The van der Waals surface area contributed by atoms with E-state index < -0.39 is 15.3 Å². The number of hydrogen-bond acceptors (Lipinski definition) is 5. The molecule has 0 atom stereocenters. The van der Waals surface area contributed by atoms with E-state index in [1.165, 1.54) is 0 Å². The molecule has 160 valence electrons. The second-order valence-corrected chi connectivity index (χ2v) is 10.6. The van der Waals surface area contributed by atoms with Crippen LogP contribution in [0.3, 0.4) is 0 Å². The molecule has 2 aromatic rings. The topological polar surface area (TPSA) is 84.5 Å². The molecule has 0 spiro atoms. The molecular formula is C23H28N2O4S. The van der Waals surface area contributed by atoms with E-state index in [2.05, 4.69) is 23.9 Å². The number of sulfonamides is 1. The lowest BCUT2D eigenvalue weighted by molar-refractivity contribution is 0.104. The molecule has 0 aromatic heterocycles. The van der Waals surface area contributed by atoms with Crippen molar-refractivity contribution in [2.45, 2.75) is 44.9 Å². The van der Waals surface area contributed by atoms with Gasteiger partial charge >= 0.3 is 0 Å². The third-order valence-electron chi connectivity index (χ3n) is 5.02. The summed E-state index contributed by atoms with van der Waals surface area (Å²) < 4.78 is 32.1. The summed E-state index contributed by atoms with van der Waals surface area (Å²) in [6.45, 7) is 7.37. The van der Waals surface area contributed by atoms with Gasteiger partial charge in [0, 0.05) is 34.1 Å². The lowest BCUT2D eigenvalue weighted by atomic mass is 9.85. The minimum Gasteiger partial charge on any atom is -0.497 e. The number of ketones is 1. The predicted molar refractivity (Wildman–Crippen MR) is 120 cm³/mol. The van der Waals surface area contributed by atoms with E-state index in [0.29, 0.717) is 11.3 Å². The molecule has 30 heavy (non-hydrogen) atoms. The molecule has 1 heterocycles. The summed E-state index contributed by atoms with van der Waals surface area (Å²) in [5.74, 6) is 0.508. The summed E-state index contributed by atoms with van der Waals surface area (Å²) >= 11 is 0. The van der Waals surface area contributed by atoms with Crippen LogP contribution in [0.4, 0.5) is 5.69 Å². The van der Waals surface area contributed by atoms with Gasteiger partial charge in [-0.3, -0.25) is 9.52 Å². The third-order valence-corrected chi connectivity index (χ3v) is 6.78. The Morgan fingerprint density at radius 1 is 1.20 bits per heavy atom. The molecule has 0 fully saturated rings. The zero-order chi connectivity index (χ0) is 22.1. The summed E-state index contributed by atoms with van der Waals surface area (Å²) in [6.07, 6.45) is 2.39. The van der Waals surface area contributed by atoms with Crippen molar-refractivity contribution < 1.29 is 17.9 Å². The molecule has 0 saturated heterocycles. The van der Waals surface area contributed by atoms with Gasteiger partial charge in [0.2, 0.25) is 10.0 Å². The average molecular weight is 429 g/mol. The van der Waals surface area contributed by atoms with Gasteiger partial charge in [-0.05, 0) is 63.9 Å². The van der Waals surface area contributed by atoms with Crippen LogP contribution in [0.25, 0.3) is 5.70 Å². The average Bonchev–Trinajstić information content (AvgIpc) is 2.66.